The van der Waals surface area contributed by atoms with Gasteiger partial charge in [-0.2, -0.15) is 0 Å². The van der Waals surface area contributed by atoms with Gasteiger partial charge in [-0.15, -0.1) is 0 Å². The van der Waals surface area contributed by atoms with Gasteiger partial charge < -0.3 is 14.7 Å². The Labute approximate surface area is 115 Å². The molecule has 108 valence electrons. The standard InChI is InChI=1S/C12H15N3O5/c1-7-5-14(6-8(2)20-7)11-3-9(12(16)17)10(4-13-11)15(18)19/h3-4,7-8H,5-6H2,1-2H3,(H,16,17)/t7-,8+. The average Bonchev–Trinajstić information content (AvgIpc) is 2.36. The molecule has 8 nitrogen and oxygen atoms in total. The van der Waals surface area contributed by atoms with E-state index in [0.29, 0.717) is 18.9 Å². The number of pyridine rings is 1. The highest BCUT2D eigenvalue weighted by Gasteiger charge is 2.27. The van der Waals surface area contributed by atoms with E-state index in [9.17, 15) is 14.9 Å². The van der Waals surface area contributed by atoms with Gasteiger partial charge in [0.2, 0.25) is 0 Å². The lowest BCUT2D eigenvalue weighted by molar-refractivity contribution is -0.385. The highest BCUT2D eigenvalue weighted by molar-refractivity contribution is 5.93. The molecule has 0 spiro atoms. The molecule has 0 bridgehead atoms. The number of morpholine rings is 1. The van der Waals surface area contributed by atoms with Crippen LogP contribution in [-0.2, 0) is 4.74 Å². The van der Waals surface area contributed by atoms with Gasteiger partial charge in [0.15, 0.2) is 0 Å². The number of aromatic carboxylic acids is 1. The predicted molar refractivity (Wildman–Crippen MR) is 70.1 cm³/mol. The van der Waals surface area contributed by atoms with Gasteiger partial charge in [0.25, 0.3) is 0 Å². The predicted octanol–water partition coefficient (Wildman–Crippen LogP) is 1.30. The van der Waals surface area contributed by atoms with Crippen LogP contribution >= 0.6 is 0 Å². The quantitative estimate of drug-likeness (QED) is 0.657. The number of anilines is 1. The summed E-state index contributed by atoms with van der Waals surface area (Å²) in [5.41, 5.74) is -0.859. The van der Waals surface area contributed by atoms with Gasteiger partial charge in [-0.1, -0.05) is 0 Å². The van der Waals surface area contributed by atoms with Gasteiger partial charge in [-0.25, -0.2) is 9.78 Å². The molecule has 1 aromatic heterocycles. The Hall–Kier alpha value is -2.22. The lowest BCUT2D eigenvalue weighted by Crippen LogP contribution is -2.45. The first kappa shape index (κ1) is 14.2. The lowest BCUT2D eigenvalue weighted by atomic mass is 10.2. The summed E-state index contributed by atoms with van der Waals surface area (Å²) in [4.78, 5) is 27.0. The van der Waals surface area contributed by atoms with E-state index in [-0.39, 0.29) is 17.8 Å². The van der Waals surface area contributed by atoms with E-state index in [1.807, 2.05) is 18.7 Å². The van der Waals surface area contributed by atoms with Crippen molar-refractivity contribution >= 4 is 17.5 Å². The molecule has 0 radical (unpaired) electrons. The van der Waals surface area contributed by atoms with E-state index in [0.717, 1.165) is 6.20 Å². The van der Waals surface area contributed by atoms with Crippen LogP contribution in [0, 0.1) is 10.1 Å². The summed E-state index contributed by atoms with van der Waals surface area (Å²) in [6.45, 7) is 4.95. The van der Waals surface area contributed by atoms with E-state index < -0.39 is 16.6 Å². The molecular formula is C12H15N3O5. The van der Waals surface area contributed by atoms with Crippen LogP contribution in [0.5, 0.6) is 0 Å². The molecule has 20 heavy (non-hydrogen) atoms. The Balaban J connectivity index is 2.36. The number of nitrogens with zero attached hydrogens (tertiary/aromatic N) is 3. The minimum atomic E-state index is -1.34. The maximum absolute atomic E-state index is 11.1. The van der Waals surface area contributed by atoms with Crippen molar-refractivity contribution in [1.82, 2.24) is 4.98 Å². The Morgan fingerprint density at radius 1 is 1.50 bits per heavy atom. The van der Waals surface area contributed by atoms with Gasteiger partial charge in [0.05, 0.1) is 17.1 Å². The SMILES string of the molecule is C[C@@H]1CN(c2cc(C(=O)O)c([N+](=O)[O-])cn2)C[C@H](C)O1. The third kappa shape index (κ3) is 2.85. The lowest BCUT2D eigenvalue weighted by Gasteiger charge is -2.36. The number of carbonyl (C=O) groups is 1. The Morgan fingerprint density at radius 2 is 2.10 bits per heavy atom. The van der Waals surface area contributed by atoms with E-state index in [4.69, 9.17) is 9.84 Å². The second-order valence-electron chi connectivity index (χ2n) is 4.78. The highest BCUT2D eigenvalue weighted by atomic mass is 16.6. The summed E-state index contributed by atoms with van der Waals surface area (Å²) >= 11 is 0. The fourth-order valence-corrected chi connectivity index (χ4v) is 2.29. The Morgan fingerprint density at radius 3 is 2.60 bits per heavy atom. The number of hydrogen-bond acceptors (Lipinski definition) is 6. The largest absolute Gasteiger partial charge is 0.477 e. The molecular weight excluding hydrogens is 266 g/mol. The van der Waals surface area contributed by atoms with E-state index in [2.05, 4.69) is 4.98 Å². The topological polar surface area (TPSA) is 106 Å². The molecule has 0 aliphatic carbocycles. The number of rotatable bonds is 3. The van der Waals surface area contributed by atoms with Crippen molar-refractivity contribution in [2.24, 2.45) is 0 Å². The van der Waals surface area contributed by atoms with Gasteiger partial charge in [0.1, 0.15) is 17.6 Å². The molecule has 0 aromatic carbocycles. The van der Waals surface area contributed by atoms with Crippen molar-refractivity contribution in [3.05, 3.63) is 27.9 Å². The smallest absolute Gasteiger partial charge is 0.342 e. The zero-order chi connectivity index (χ0) is 14.9. The van der Waals surface area contributed by atoms with E-state index in [1.54, 1.807) is 0 Å². The van der Waals surface area contributed by atoms with E-state index >= 15 is 0 Å². The summed E-state index contributed by atoms with van der Waals surface area (Å²) in [5, 5.41) is 19.9. The average molecular weight is 281 g/mol. The third-order valence-electron chi connectivity index (χ3n) is 3.04. The Kier molecular flexibility index (Phi) is 3.84. The molecule has 0 amide bonds. The normalized spacial score (nSPS) is 22.6. The van der Waals surface area contributed by atoms with Crippen molar-refractivity contribution in [1.29, 1.82) is 0 Å². The number of nitro groups is 1. The molecule has 1 N–H and O–H groups in total. The minimum absolute atomic E-state index is 0.0102. The van der Waals surface area contributed by atoms with Crippen molar-refractivity contribution in [3.8, 4) is 0 Å². The van der Waals surface area contributed by atoms with Crippen LogP contribution in [0.3, 0.4) is 0 Å². The third-order valence-corrected chi connectivity index (χ3v) is 3.04. The van der Waals surface area contributed by atoms with E-state index in [1.165, 1.54) is 6.07 Å². The van der Waals surface area contributed by atoms with Crippen molar-refractivity contribution in [2.75, 3.05) is 18.0 Å². The van der Waals surface area contributed by atoms with Crippen LogP contribution in [-0.4, -0.2) is 46.3 Å². The Bertz CT molecular complexity index is 538. The van der Waals surface area contributed by atoms with Crippen LogP contribution in [0.2, 0.25) is 0 Å². The van der Waals surface area contributed by atoms with Crippen molar-refractivity contribution in [3.63, 3.8) is 0 Å². The molecule has 1 saturated heterocycles. The molecule has 1 aliphatic rings. The molecule has 1 fully saturated rings. The molecule has 8 heteroatoms. The first-order valence-corrected chi connectivity index (χ1v) is 6.16. The van der Waals surface area contributed by atoms with Crippen LogP contribution in [0.4, 0.5) is 11.5 Å². The monoisotopic (exact) mass is 281 g/mol. The number of ether oxygens (including phenoxy) is 1. The summed E-state index contributed by atoms with van der Waals surface area (Å²) in [6.07, 6.45) is 0.969. The molecule has 1 aliphatic heterocycles. The number of hydrogen-bond donors (Lipinski definition) is 1. The highest BCUT2D eigenvalue weighted by Crippen LogP contribution is 2.24. The van der Waals surface area contributed by atoms with Crippen LogP contribution < -0.4 is 4.90 Å². The molecule has 2 atom stereocenters. The maximum atomic E-state index is 11.1. The van der Waals surface area contributed by atoms with Gasteiger partial charge >= 0.3 is 11.7 Å². The summed E-state index contributed by atoms with van der Waals surface area (Å²) < 4.78 is 5.58. The van der Waals surface area contributed by atoms with Crippen molar-refractivity contribution < 1.29 is 19.6 Å². The second kappa shape index (κ2) is 5.41. The molecule has 0 unspecified atom stereocenters. The zero-order valence-corrected chi connectivity index (χ0v) is 11.1. The van der Waals surface area contributed by atoms with Crippen LogP contribution in [0.1, 0.15) is 24.2 Å². The maximum Gasteiger partial charge on any atom is 0.342 e. The fourth-order valence-electron chi connectivity index (χ4n) is 2.29. The van der Waals surface area contributed by atoms with Gasteiger partial charge in [-0.3, -0.25) is 10.1 Å². The van der Waals surface area contributed by atoms with Gasteiger partial charge in [-0.05, 0) is 13.8 Å². The molecule has 1 aromatic rings. The number of carboxylic acids is 1. The molecule has 0 saturated carbocycles. The minimum Gasteiger partial charge on any atom is -0.477 e. The summed E-state index contributed by atoms with van der Waals surface area (Å²) in [7, 11) is 0. The van der Waals surface area contributed by atoms with Crippen molar-refractivity contribution in [2.45, 2.75) is 26.1 Å². The van der Waals surface area contributed by atoms with Crippen LogP contribution in [0.15, 0.2) is 12.3 Å². The summed E-state index contributed by atoms with van der Waals surface area (Å²) in [6, 6.07) is 1.24. The fraction of sp³-hybridized carbons (Fsp3) is 0.500. The first-order chi connectivity index (χ1) is 9.38. The van der Waals surface area contributed by atoms with Crippen LogP contribution in [0.25, 0.3) is 0 Å². The molecule has 2 rings (SSSR count). The summed E-state index contributed by atoms with van der Waals surface area (Å²) in [5.74, 6) is -0.926. The second-order valence-corrected chi connectivity index (χ2v) is 4.78. The molecule has 2 heterocycles. The van der Waals surface area contributed by atoms with Gasteiger partial charge in [0, 0.05) is 19.2 Å². The number of aromatic nitrogens is 1. The first-order valence-electron chi connectivity index (χ1n) is 6.16. The number of carboxylic acid groups (broad SMARTS) is 1. The zero-order valence-electron chi connectivity index (χ0n) is 11.1.